The summed E-state index contributed by atoms with van der Waals surface area (Å²) in [6, 6.07) is 11.3. The molecular weight excluding hydrogens is 245 g/mol. The van der Waals surface area contributed by atoms with Crippen LogP contribution in [0.25, 0.3) is 0 Å². The van der Waals surface area contributed by atoms with Gasteiger partial charge in [-0.05, 0) is 24.6 Å². The molecule has 3 nitrogen and oxygen atoms in total. The molecule has 0 saturated heterocycles. The summed E-state index contributed by atoms with van der Waals surface area (Å²) in [4.78, 5) is 11.9. The average Bonchev–Trinajstić information content (AvgIpc) is 2.40. The molecule has 4 heteroatoms. The van der Waals surface area contributed by atoms with Crippen LogP contribution >= 0.6 is 0 Å². The monoisotopic (exact) mass is 259 g/mol. The van der Waals surface area contributed by atoms with E-state index in [1.54, 1.807) is 30.3 Å². The van der Waals surface area contributed by atoms with Crippen molar-refractivity contribution in [3.63, 3.8) is 0 Å². The Labute approximate surface area is 110 Å². The lowest BCUT2D eigenvalue weighted by Gasteiger charge is -2.09. The van der Waals surface area contributed by atoms with E-state index in [4.69, 9.17) is 10.5 Å². The summed E-state index contributed by atoms with van der Waals surface area (Å²) in [6.45, 7) is 1.70. The minimum atomic E-state index is -0.551. The third-order valence-electron chi connectivity index (χ3n) is 2.86. The molecule has 98 valence electrons. The number of anilines is 1. The Morgan fingerprint density at radius 1 is 1.21 bits per heavy atom. The Kier molecular flexibility index (Phi) is 3.80. The molecule has 19 heavy (non-hydrogen) atoms. The standard InChI is InChI=1S/C15H14FNO2/c1-10-5-4-7-12(14(10)17)15(18)19-9-11-6-2-3-8-13(11)16/h2-8H,9,17H2,1H3. The lowest BCUT2D eigenvalue weighted by Crippen LogP contribution is -2.09. The number of hydrogen-bond donors (Lipinski definition) is 1. The van der Waals surface area contributed by atoms with E-state index in [1.807, 2.05) is 13.0 Å². The van der Waals surface area contributed by atoms with E-state index in [2.05, 4.69) is 0 Å². The van der Waals surface area contributed by atoms with Gasteiger partial charge in [-0.1, -0.05) is 30.3 Å². The number of aryl methyl sites for hydroxylation is 1. The van der Waals surface area contributed by atoms with Crippen LogP contribution in [-0.2, 0) is 11.3 Å². The number of para-hydroxylation sites is 1. The van der Waals surface area contributed by atoms with Crippen LogP contribution in [0, 0.1) is 12.7 Å². The number of halogens is 1. The van der Waals surface area contributed by atoms with E-state index in [-0.39, 0.29) is 6.61 Å². The van der Waals surface area contributed by atoms with Gasteiger partial charge in [0.1, 0.15) is 12.4 Å². The number of nitrogens with two attached hydrogens (primary N) is 1. The Balaban J connectivity index is 2.10. The number of esters is 1. The molecule has 0 aliphatic rings. The van der Waals surface area contributed by atoms with Gasteiger partial charge in [-0.2, -0.15) is 0 Å². The number of nitrogen functional groups attached to an aromatic ring is 1. The van der Waals surface area contributed by atoms with Crippen LogP contribution in [0.15, 0.2) is 42.5 Å². The zero-order valence-electron chi connectivity index (χ0n) is 10.5. The Morgan fingerprint density at radius 3 is 2.68 bits per heavy atom. The topological polar surface area (TPSA) is 52.3 Å². The smallest absolute Gasteiger partial charge is 0.340 e. The number of hydrogen-bond acceptors (Lipinski definition) is 3. The summed E-state index contributed by atoms with van der Waals surface area (Å²) >= 11 is 0. The molecule has 0 bridgehead atoms. The van der Waals surface area contributed by atoms with Crippen LogP contribution in [0.1, 0.15) is 21.5 Å². The van der Waals surface area contributed by atoms with Crippen molar-refractivity contribution in [1.82, 2.24) is 0 Å². The maximum absolute atomic E-state index is 13.4. The Morgan fingerprint density at radius 2 is 1.95 bits per heavy atom. The van der Waals surface area contributed by atoms with Crippen LogP contribution < -0.4 is 5.73 Å². The fraction of sp³-hybridized carbons (Fsp3) is 0.133. The zero-order chi connectivity index (χ0) is 13.8. The van der Waals surface area contributed by atoms with Gasteiger partial charge in [0, 0.05) is 11.3 Å². The first-order valence-corrected chi connectivity index (χ1v) is 5.85. The lowest BCUT2D eigenvalue weighted by molar-refractivity contribution is 0.0470. The second-order valence-electron chi connectivity index (χ2n) is 4.20. The molecule has 0 radical (unpaired) electrons. The Hall–Kier alpha value is -2.36. The van der Waals surface area contributed by atoms with Gasteiger partial charge in [-0.3, -0.25) is 0 Å². The number of rotatable bonds is 3. The molecule has 0 aliphatic carbocycles. The fourth-order valence-electron chi connectivity index (χ4n) is 1.70. The summed E-state index contributed by atoms with van der Waals surface area (Å²) in [5.41, 5.74) is 7.64. The van der Waals surface area contributed by atoms with Gasteiger partial charge >= 0.3 is 5.97 Å². The van der Waals surface area contributed by atoms with Gasteiger partial charge in [-0.15, -0.1) is 0 Å². The number of carbonyl (C=O) groups is 1. The molecule has 0 unspecified atom stereocenters. The highest BCUT2D eigenvalue weighted by Crippen LogP contribution is 2.18. The molecule has 0 atom stereocenters. The number of benzene rings is 2. The number of carbonyl (C=O) groups excluding carboxylic acids is 1. The molecular formula is C15H14FNO2. The Bertz CT molecular complexity index is 611. The normalized spacial score (nSPS) is 10.2. The molecule has 0 fully saturated rings. The summed E-state index contributed by atoms with van der Waals surface area (Å²) in [7, 11) is 0. The largest absolute Gasteiger partial charge is 0.457 e. The molecule has 2 aromatic carbocycles. The van der Waals surface area contributed by atoms with Crippen molar-refractivity contribution in [2.45, 2.75) is 13.5 Å². The summed E-state index contributed by atoms with van der Waals surface area (Å²) in [5, 5.41) is 0. The van der Waals surface area contributed by atoms with Gasteiger partial charge in [0.25, 0.3) is 0 Å². The van der Waals surface area contributed by atoms with Gasteiger partial charge in [-0.25, -0.2) is 9.18 Å². The van der Waals surface area contributed by atoms with Crippen LogP contribution in [0.5, 0.6) is 0 Å². The van der Waals surface area contributed by atoms with E-state index >= 15 is 0 Å². The molecule has 0 saturated carbocycles. The van der Waals surface area contributed by atoms with E-state index in [0.717, 1.165) is 5.56 Å². The summed E-state index contributed by atoms with van der Waals surface area (Å²) in [5.74, 6) is -0.947. The van der Waals surface area contributed by atoms with Crippen molar-refractivity contribution in [3.8, 4) is 0 Å². The highest BCUT2D eigenvalue weighted by molar-refractivity contribution is 5.95. The summed E-state index contributed by atoms with van der Waals surface area (Å²) < 4.78 is 18.4. The van der Waals surface area contributed by atoms with Crippen LogP contribution in [-0.4, -0.2) is 5.97 Å². The molecule has 0 aromatic heterocycles. The third-order valence-corrected chi connectivity index (χ3v) is 2.86. The SMILES string of the molecule is Cc1cccc(C(=O)OCc2ccccc2F)c1N. The predicted octanol–water partition coefficient (Wildman–Crippen LogP) is 3.07. The molecule has 2 N–H and O–H groups in total. The van der Waals surface area contributed by atoms with E-state index < -0.39 is 11.8 Å². The third kappa shape index (κ3) is 2.91. The first-order chi connectivity index (χ1) is 9.09. The van der Waals surface area contributed by atoms with Gasteiger partial charge in [0.2, 0.25) is 0 Å². The zero-order valence-corrected chi connectivity index (χ0v) is 10.5. The first kappa shape index (κ1) is 13.1. The van der Waals surface area contributed by atoms with Crippen molar-refractivity contribution < 1.29 is 13.9 Å². The highest BCUT2D eigenvalue weighted by Gasteiger charge is 2.13. The first-order valence-electron chi connectivity index (χ1n) is 5.85. The molecule has 0 aliphatic heterocycles. The number of ether oxygens (including phenoxy) is 1. The molecule has 0 heterocycles. The quantitative estimate of drug-likeness (QED) is 0.680. The fourth-order valence-corrected chi connectivity index (χ4v) is 1.70. The molecule has 0 spiro atoms. The highest BCUT2D eigenvalue weighted by atomic mass is 19.1. The second kappa shape index (κ2) is 5.52. The van der Waals surface area contributed by atoms with E-state index in [0.29, 0.717) is 16.8 Å². The maximum Gasteiger partial charge on any atom is 0.340 e. The van der Waals surface area contributed by atoms with E-state index in [1.165, 1.54) is 6.07 Å². The van der Waals surface area contributed by atoms with Crippen LogP contribution in [0.4, 0.5) is 10.1 Å². The van der Waals surface area contributed by atoms with Crippen LogP contribution in [0.2, 0.25) is 0 Å². The molecule has 0 amide bonds. The summed E-state index contributed by atoms with van der Waals surface area (Å²) in [6.07, 6.45) is 0. The maximum atomic E-state index is 13.4. The second-order valence-corrected chi connectivity index (χ2v) is 4.20. The van der Waals surface area contributed by atoms with E-state index in [9.17, 15) is 9.18 Å². The van der Waals surface area contributed by atoms with Crippen molar-refractivity contribution in [3.05, 3.63) is 65.0 Å². The predicted molar refractivity (Wildman–Crippen MR) is 71.1 cm³/mol. The molecule has 2 rings (SSSR count). The minimum absolute atomic E-state index is 0.112. The minimum Gasteiger partial charge on any atom is -0.457 e. The average molecular weight is 259 g/mol. The van der Waals surface area contributed by atoms with Crippen molar-refractivity contribution in [2.24, 2.45) is 0 Å². The van der Waals surface area contributed by atoms with Crippen molar-refractivity contribution in [1.29, 1.82) is 0 Å². The van der Waals surface area contributed by atoms with Crippen molar-refractivity contribution in [2.75, 3.05) is 5.73 Å². The van der Waals surface area contributed by atoms with Gasteiger partial charge in [0.05, 0.1) is 5.56 Å². The molecule has 2 aromatic rings. The lowest BCUT2D eigenvalue weighted by atomic mass is 10.1. The van der Waals surface area contributed by atoms with Crippen molar-refractivity contribution >= 4 is 11.7 Å². The van der Waals surface area contributed by atoms with Gasteiger partial charge < -0.3 is 10.5 Å². The van der Waals surface area contributed by atoms with Gasteiger partial charge in [0.15, 0.2) is 0 Å². The van der Waals surface area contributed by atoms with Crippen LogP contribution in [0.3, 0.4) is 0 Å².